The second-order valence-corrected chi connectivity index (χ2v) is 6.20. The van der Waals surface area contributed by atoms with Crippen LogP contribution < -0.4 is 5.32 Å². The van der Waals surface area contributed by atoms with E-state index in [0.29, 0.717) is 16.3 Å². The molecule has 1 aromatic carbocycles. The van der Waals surface area contributed by atoms with Crippen molar-refractivity contribution in [3.8, 4) is 0 Å². The number of nitrogens with one attached hydrogen (secondary N) is 1. The van der Waals surface area contributed by atoms with Crippen LogP contribution in [0.5, 0.6) is 0 Å². The molecule has 3 nitrogen and oxygen atoms in total. The van der Waals surface area contributed by atoms with Crippen LogP contribution in [0.4, 0.5) is 0 Å². The Bertz CT molecular complexity index is 607. The summed E-state index contributed by atoms with van der Waals surface area (Å²) >= 11 is 7.59. The molecule has 1 heterocycles. The fourth-order valence-electron chi connectivity index (χ4n) is 1.64. The average molecular weight is 298 g/mol. The minimum absolute atomic E-state index is 0.215. The van der Waals surface area contributed by atoms with Gasteiger partial charge in [0, 0.05) is 16.6 Å². The molecule has 0 radical (unpaired) electrons. The minimum atomic E-state index is -0.890. The van der Waals surface area contributed by atoms with Crippen molar-refractivity contribution in [2.45, 2.75) is 25.9 Å². The summed E-state index contributed by atoms with van der Waals surface area (Å²) in [6.45, 7) is 3.78. The van der Waals surface area contributed by atoms with E-state index in [4.69, 9.17) is 11.6 Å². The molecule has 102 valence electrons. The van der Waals surface area contributed by atoms with Gasteiger partial charge in [0.05, 0.1) is 10.6 Å². The van der Waals surface area contributed by atoms with Gasteiger partial charge in [-0.25, -0.2) is 0 Å². The van der Waals surface area contributed by atoms with Crippen LogP contribution in [0.3, 0.4) is 0 Å². The van der Waals surface area contributed by atoms with Gasteiger partial charge in [-0.1, -0.05) is 36.7 Å². The molecule has 2 rings (SSSR count). The number of halogens is 1. The molecule has 0 saturated carbocycles. The molecule has 0 aliphatic rings. The fourth-order valence-corrected chi connectivity index (χ4v) is 3.07. The molecule has 0 bridgehead atoms. The zero-order valence-corrected chi connectivity index (χ0v) is 12.4. The maximum atomic E-state index is 12.1. The van der Waals surface area contributed by atoms with Gasteiger partial charge in [-0.3, -0.25) is 4.79 Å². The third-order valence-corrected chi connectivity index (χ3v) is 4.81. The first kappa shape index (κ1) is 14.3. The second-order valence-electron chi connectivity index (χ2n) is 4.77. The largest absolute Gasteiger partial charge is 0.388 e. The van der Waals surface area contributed by atoms with Crippen molar-refractivity contribution in [2.75, 3.05) is 6.54 Å². The first-order valence-electron chi connectivity index (χ1n) is 6.12. The van der Waals surface area contributed by atoms with E-state index >= 15 is 0 Å². The summed E-state index contributed by atoms with van der Waals surface area (Å²) in [6.07, 6.45) is 0.577. The molecule has 2 N–H and O–H groups in total. The summed E-state index contributed by atoms with van der Waals surface area (Å²) in [5.74, 6) is -0.236. The number of carbonyl (C=O) groups excluding carboxylic acids is 1. The minimum Gasteiger partial charge on any atom is -0.388 e. The van der Waals surface area contributed by atoms with Gasteiger partial charge in [-0.05, 0) is 19.4 Å². The maximum Gasteiger partial charge on any atom is 0.263 e. The highest BCUT2D eigenvalue weighted by atomic mass is 35.5. The fraction of sp³-hybridized carbons (Fsp3) is 0.357. The molecule has 0 aliphatic carbocycles. The predicted molar refractivity (Wildman–Crippen MR) is 80.1 cm³/mol. The van der Waals surface area contributed by atoms with E-state index in [1.54, 1.807) is 6.92 Å². The van der Waals surface area contributed by atoms with Crippen LogP contribution in [0.25, 0.3) is 10.1 Å². The van der Waals surface area contributed by atoms with Gasteiger partial charge >= 0.3 is 0 Å². The molecule has 1 unspecified atom stereocenters. The Balaban J connectivity index is 2.20. The number of hydrogen-bond donors (Lipinski definition) is 2. The topological polar surface area (TPSA) is 49.3 Å². The van der Waals surface area contributed by atoms with E-state index in [9.17, 15) is 9.90 Å². The molecular formula is C14H16ClNO2S. The van der Waals surface area contributed by atoms with Crippen LogP contribution in [0.1, 0.15) is 29.9 Å². The number of benzene rings is 1. The maximum absolute atomic E-state index is 12.1. The van der Waals surface area contributed by atoms with E-state index in [-0.39, 0.29) is 12.5 Å². The summed E-state index contributed by atoms with van der Waals surface area (Å²) in [6, 6.07) is 7.64. The van der Waals surface area contributed by atoms with E-state index in [2.05, 4.69) is 5.32 Å². The summed E-state index contributed by atoms with van der Waals surface area (Å²) in [7, 11) is 0. The van der Waals surface area contributed by atoms with Crippen molar-refractivity contribution in [1.29, 1.82) is 0 Å². The van der Waals surface area contributed by atoms with Crippen LogP contribution in [0.2, 0.25) is 5.02 Å². The van der Waals surface area contributed by atoms with Gasteiger partial charge in [0.25, 0.3) is 5.91 Å². The van der Waals surface area contributed by atoms with E-state index in [1.165, 1.54) is 11.3 Å². The number of amides is 1. The van der Waals surface area contributed by atoms with Gasteiger partial charge in [-0.15, -0.1) is 11.3 Å². The van der Waals surface area contributed by atoms with Crippen LogP contribution in [-0.2, 0) is 0 Å². The lowest BCUT2D eigenvalue weighted by Crippen LogP contribution is -2.39. The van der Waals surface area contributed by atoms with Crippen LogP contribution in [0.15, 0.2) is 24.3 Å². The zero-order chi connectivity index (χ0) is 14.0. The summed E-state index contributed by atoms with van der Waals surface area (Å²) in [5, 5.41) is 14.0. The Morgan fingerprint density at radius 1 is 1.47 bits per heavy atom. The van der Waals surface area contributed by atoms with Crippen LogP contribution in [-0.4, -0.2) is 23.2 Å². The number of aliphatic hydroxyl groups is 1. The van der Waals surface area contributed by atoms with Gasteiger partial charge in [-0.2, -0.15) is 0 Å². The molecule has 1 atom stereocenters. The van der Waals surface area contributed by atoms with Crippen LogP contribution >= 0.6 is 22.9 Å². The smallest absolute Gasteiger partial charge is 0.263 e. The molecule has 1 amide bonds. The summed E-state index contributed by atoms with van der Waals surface area (Å²) in [5.41, 5.74) is -0.890. The van der Waals surface area contributed by atoms with E-state index < -0.39 is 5.60 Å². The van der Waals surface area contributed by atoms with Crippen molar-refractivity contribution in [3.05, 3.63) is 34.2 Å². The quantitative estimate of drug-likeness (QED) is 0.908. The van der Waals surface area contributed by atoms with Gasteiger partial charge in [0.15, 0.2) is 0 Å². The van der Waals surface area contributed by atoms with E-state index in [0.717, 1.165) is 10.1 Å². The lowest BCUT2D eigenvalue weighted by atomic mass is 10.0. The third kappa shape index (κ3) is 3.08. The monoisotopic (exact) mass is 297 g/mol. The highest BCUT2D eigenvalue weighted by Gasteiger charge is 2.21. The van der Waals surface area contributed by atoms with Gasteiger partial charge in [0.2, 0.25) is 0 Å². The zero-order valence-electron chi connectivity index (χ0n) is 10.9. The number of thiophene rings is 1. The Labute approximate surface area is 121 Å². The highest BCUT2D eigenvalue weighted by molar-refractivity contribution is 7.21. The number of fused-ring (bicyclic) bond motifs is 1. The van der Waals surface area contributed by atoms with E-state index in [1.807, 2.05) is 31.2 Å². The van der Waals surface area contributed by atoms with Crippen molar-refractivity contribution in [2.24, 2.45) is 0 Å². The number of rotatable bonds is 4. The SMILES string of the molecule is CCC(C)(O)CNC(=O)c1sc2ccccc2c1Cl. The molecular weight excluding hydrogens is 282 g/mol. The Morgan fingerprint density at radius 3 is 2.79 bits per heavy atom. The molecule has 0 spiro atoms. The molecule has 0 saturated heterocycles. The predicted octanol–water partition coefficient (Wildman–Crippen LogP) is 3.45. The molecule has 0 aliphatic heterocycles. The van der Waals surface area contributed by atoms with Gasteiger partial charge in [0.1, 0.15) is 4.88 Å². The van der Waals surface area contributed by atoms with Gasteiger partial charge < -0.3 is 10.4 Å². The first-order valence-corrected chi connectivity index (χ1v) is 7.31. The normalized spacial score (nSPS) is 14.3. The van der Waals surface area contributed by atoms with Crippen molar-refractivity contribution < 1.29 is 9.90 Å². The summed E-state index contributed by atoms with van der Waals surface area (Å²) < 4.78 is 0.986. The molecule has 5 heteroatoms. The highest BCUT2D eigenvalue weighted by Crippen LogP contribution is 2.34. The molecule has 19 heavy (non-hydrogen) atoms. The molecule has 1 aromatic heterocycles. The standard InChI is InChI=1S/C14H16ClNO2S/c1-3-14(2,18)8-16-13(17)12-11(15)9-6-4-5-7-10(9)19-12/h4-7,18H,3,8H2,1-2H3,(H,16,17). The molecule has 0 fully saturated rings. The van der Waals surface area contributed by atoms with Crippen molar-refractivity contribution in [3.63, 3.8) is 0 Å². The Kier molecular flexibility index (Phi) is 4.13. The summed E-state index contributed by atoms with van der Waals surface area (Å²) in [4.78, 5) is 12.6. The Hall–Kier alpha value is -1.10. The number of hydrogen-bond acceptors (Lipinski definition) is 3. The lowest BCUT2D eigenvalue weighted by molar-refractivity contribution is 0.0519. The van der Waals surface area contributed by atoms with Crippen molar-refractivity contribution in [1.82, 2.24) is 5.32 Å². The third-order valence-electron chi connectivity index (χ3n) is 3.13. The number of carbonyl (C=O) groups is 1. The molecule has 2 aromatic rings. The lowest BCUT2D eigenvalue weighted by Gasteiger charge is -2.21. The first-order chi connectivity index (χ1) is 8.94. The van der Waals surface area contributed by atoms with Crippen LogP contribution in [0, 0.1) is 0 Å². The second kappa shape index (κ2) is 5.49. The van der Waals surface area contributed by atoms with Crippen molar-refractivity contribution >= 4 is 38.9 Å². The average Bonchev–Trinajstić information content (AvgIpc) is 2.74. The Morgan fingerprint density at radius 2 is 2.16 bits per heavy atom.